The first kappa shape index (κ1) is 16.8. The van der Waals surface area contributed by atoms with Crippen molar-refractivity contribution in [1.29, 1.82) is 0 Å². The van der Waals surface area contributed by atoms with Crippen molar-refractivity contribution in [3.63, 3.8) is 0 Å². The number of nitro groups is 2. The molecule has 0 radical (unpaired) electrons. The molecule has 1 aromatic rings. The lowest BCUT2D eigenvalue weighted by atomic mass is 10.1. The van der Waals surface area contributed by atoms with Crippen molar-refractivity contribution in [2.75, 3.05) is 13.1 Å². The molecule has 0 aliphatic heterocycles. The summed E-state index contributed by atoms with van der Waals surface area (Å²) in [6.45, 7) is 7.75. The summed E-state index contributed by atoms with van der Waals surface area (Å²) < 4.78 is 0. The molecule has 0 bridgehead atoms. The summed E-state index contributed by atoms with van der Waals surface area (Å²) in [5, 5.41) is 33.0. The molecule has 1 aromatic carbocycles. The summed E-state index contributed by atoms with van der Waals surface area (Å²) in [7, 11) is 0. The van der Waals surface area contributed by atoms with Gasteiger partial charge in [0.2, 0.25) is 0 Å². The number of rotatable bonds is 4. The molecular formula is C11H17N3O5. The quantitative estimate of drug-likeness (QED) is 0.639. The lowest BCUT2D eigenvalue weighted by Gasteiger charge is -1.99. The summed E-state index contributed by atoms with van der Waals surface area (Å²) in [5.74, 6) is -0.541. The average molecular weight is 271 g/mol. The molecule has 0 aromatic heterocycles. The summed E-state index contributed by atoms with van der Waals surface area (Å²) in [6.07, 6.45) is 0. The van der Waals surface area contributed by atoms with Gasteiger partial charge >= 0.3 is 5.69 Å². The molecule has 1 rings (SSSR count). The maximum atomic E-state index is 10.4. The summed E-state index contributed by atoms with van der Waals surface area (Å²) >= 11 is 0. The predicted molar refractivity (Wildman–Crippen MR) is 70.4 cm³/mol. The Morgan fingerprint density at radius 2 is 1.68 bits per heavy atom. The number of aryl methyl sites for hydroxylation is 1. The molecule has 0 aliphatic rings. The number of nitrogens with one attached hydrogen (secondary N) is 1. The van der Waals surface area contributed by atoms with Crippen LogP contribution in [0.3, 0.4) is 0 Å². The zero-order chi connectivity index (χ0) is 15.0. The molecule has 0 saturated carbocycles. The highest BCUT2D eigenvalue weighted by molar-refractivity contribution is 5.57. The van der Waals surface area contributed by atoms with Crippen LogP contribution >= 0.6 is 0 Å². The Hall–Kier alpha value is -2.22. The van der Waals surface area contributed by atoms with Crippen LogP contribution in [0.5, 0.6) is 5.75 Å². The van der Waals surface area contributed by atoms with Gasteiger partial charge in [-0.3, -0.25) is 20.2 Å². The Labute approximate surface area is 110 Å². The summed E-state index contributed by atoms with van der Waals surface area (Å²) in [6, 6.07) is 1.80. The van der Waals surface area contributed by atoms with Gasteiger partial charge in [0.25, 0.3) is 5.69 Å². The van der Waals surface area contributed by atoms with E-state index < -0.39 is 27.0 Å². The van der Waals surface area contributed by atoms with Gasteiger partial charge < -0.3 is 10.4 Å². The average Bonchev–Trinajstić information content (AvgIpc) is 2.33. The van der Waals surface area contributed by atoms with Crippen molar-refractivity contribution in [2.45, 2.75) is 20.8 Å². The molecule has 0 fully saturated rings. The van der Waals surface area contributed by atoms with Gasteiger partial charge in [0, 0.05) is 11.6 Å². The lowest BCUT2D eigenvalue weighted by molar-refractivity contribution is -0.394. The minimum absolute atomic E-state index is 0.103. The van der Waals surface area contributed by atoms with Crippen LogP contribution in [0, 0.1) is 27.2 Å². The van der Waals surface area contributed by atoms with Crippen LogP contribution in [-0.4, -0.2) is 28.0 Å². The topological polar surface area (TPSA) is 119 Å². The Morgan fingerprint density at radius 3 is 2.00 bits per heavy atom. The lowest BCUT2D eigenvalue weighted by Crippen LogP contribution is -2.09. The second kappa shape index (κ2) is 7.98. The van der Waals surface area contributed by atoms with Crippen LogP contribution in [0.15, 0.2) is 12.1 Å². The number of nitro benzene ring substituents is 2. The van der Waals surface area contributed by atoms with Crippen LogP contribution < -0.4 is 5.32 Å². The highest BCUT2D eigenvalue weighted by Gasteiger charge is 2.21. The minimum atomic E-state index is -0.866. The van der Waals surface area contributed by atoms with Crippen molar-refractivity contribution in [1.82, 2.24) is 5.32 Å². The Balaban J connectivity index is 0.000000555. The normalized spacial score (nSPS) is 9.42. The van der Waals surface area contributed by atoms with E-state index >= 15 is 0 Å². The first-order valence-electron chi connectivity index (χ1n) is 5.68. The van der Waals surface area contributed by atoms with Crippen LogP contribution in [-0.2, 0) is 0 Å². The van der Waals surface area contributed by atoms with Crippen molar-refractivity contribution in [3.05, 3.63) is 37.9 Å². The van der Waals surface area contributed by atoms with Crippen LogP contribution in [0.2, 0.25) is 0 Å². The maximum Gasteiger partial charge on any atom is 0.317 e. The zero-order valence-electron chi connectivity index (χ0n) is 11.0. The number of nitrogens with zero attached hydrogens (tertiary/aromatic N) is 2. The number of aromatic hydroxyl groups is 1. The van der Waals surface area contributed by atoms with Crippen molar-refractivity contribution < 1.29 is 15.0 Å². The first-order chi connectivity index (χ1) is 8.84. The van der Waals surface area contributed by atoms with Crippen molar-refractivity contribution >= 4 is 11.4 Å². The van der Waals surface area contributed by atoms with E-state index in [0.29, 0.717) is 0 Å². The van der Waals surface area contributed by atoms with E-state index in [1.165, 1.54) is 6.92 Å². The van der Waals surface area contributed by atoms with Gasteiger partial charge in [-0.1, -0.05) is 13.8 Å². The number of phenolic OH excluding ortho intramolecular Hbond substituents is 1. The van der Waals surface area contributed by atoms with Gasteiger partial charge in [0.15, 0.2) is 5.75 Å². The van der Waals surface area contributed by atoms with Gasteiger partial charge in [0.05, 0.1) is 15.9 Å². The maximum absolute atomic E-state index is 10.4. The van der Waals surface area contributed by atoms with E-state index in [0.717, 1.165) is 25.2 Å². The molecule has 0 saturated heterocycles. The van der Waals surface area contributed by atoms with Crippen LogP contribution in [0.1, 0.15) is 19.4 Å². The van der Waals surface area contributed by atoms with Crippen molar-refractivity contribution in [2.24, 2.45) is 0 Å². The van der Waals surface area contributed by atoms with Gasteiger partial charge in [-0.2, -0.15) is 0 Å². The molecule has 2 N–H and O–H groups in total. The fraction of sp³-hybridized carbons (Fsp3) is 0.455. The Morgan fingerprint density at radius 1 is 1.16 bits per heavy atom. The highest BCUT2D eigenvalue weighted by Crippen LogP contribution is 2.33. The van der Waals surface area contributed by atoms with E-state index in [1.807, 2.05) is 0 Å². The molecule has 0 aliphatic carbocycles. The highest BCUT2D eigenvalue weighted by atomic mass is 16.6. The number of non-ortho nitro benzene ring substituents is 1. The molecule has 0 atom stereocenters. The predicted octanol–water partition coefficient (Wildman–Crippen LogP) is 2.13. The van der Waals surface area contributed by atoms with Crippen LogP contribution in [0.25, 0.3) is 0 Å². The third kappa shape index (κ3) is 5.30. The van der Waals surface area contributed by atoms with Crippen LogP contribution in [0.4, 0.5) is 11.4 Å². The largest absolute Gasteiger partial charge is 0.502 e. The summed E-state index contributed by atoms with van der Waals surface area (Å²) in [4.78, 5) is 19.1. The summed E-state index contributed by atoms with van der Waals surface area (Å²) in [5.41, 5.74) is -0.963. The zero-order valence-corrected chi connectivity index (χ0v) is 11.0. The fourth-order valence-corrected chi connectivity index (χ4v) is 1.24. The SMILES string of the molecule is CCNCC.Cc1cc([N+](=O)[O-])cc([N+](=O)[O-])c1O. The van der Waals surface area contributed by atoms with Gasteiger partial charge in [-0.05, 0) is 20.0 Å². The molecule has 106 valence electrons. The molecule has 0 spiro atoms. The second-order valence-electron chi connectivity index (χ2n) is 3.60. The fourth-order valence-electron chi connectivity index (χ4n) is 1.24. The third-order valence-corrected chi connectivity index (χ3v) is 2.17. The van der Waals surface area contributed by atoms with E-state index in [9.17, 15) is 25.3 Å². The molecule has 0 unspecified atom stereocenters. The third-order valence-electron chi connectivity index (χ3n) is 2.17. The number of hydrogen-bond acceptors (Lipinski definition) is 6. The molecule has 8 nitrogen and oxygen atoms in total. The van der Waals surface area contributed by atoms with E-state index in [4.69, 9.17) is 0 Å². The number of benzene rings is 1. The standard InChI is InChI=1S/C7H6N2O5.C4H11N/c1-4-2-5(8(11)12)3-6(7(4)10)9(13)14;1-3-5-4-2/h2-3,10H,1H3;5H,3-4H2,1-2H3. The minimum Gasteiger partial charge on any atom is -0.502 e. The molecule has 19 heavy (non-hydrogen) atoms. The molecular weight excluding hydrogens is 254 g/mol. The molecule has 0 amide bonds. The Kier molecular flexibility index (Phi) is 7.05. The van der Waals surface area contributed by atoms with Gasteiger partial charge in [0.1, 0.15) is 0 Å². The van der Waals surface area contributed by atoms with Gasteiger partial charge in [-0.25, -0.2) is 0 Å². The van der Waals surface area contributed by atoms with E-state index in [2.05, 4.69) is 19.2 Å². The number of phenols is 1. The van der Waals surface area contributed by atoms with E-state index in [1.54, 1.807) is 0 Å². The smallest absolute Gasteiger partial charge is 0.317 e. The first-order valence-corrected chi connectivity index (χ1v) is 5.68. The van der Waals surface area contributed by atoms with Crippen molar-refractivity contribution in [3.8, 4) is 5.75 Å². The second-order valence-corrected chi connectivity index (χ2v) is 3.60. The Bertz CT molecular complexity index is 460. The monoisotopic (exact) mass is 271 g/mol. The molecule has 0 heterocycles. The van der Waals surface area contributed by atoms with E-state index in [-0.39, 0.29) is 5.56 Å². The number of hydrogen-bond donors (Lipinski definition) is 2. The van der Waals surface area contributed by atoms with Gasteiger partial charge in [-0.15, -0.1) is 0 Å². The molecule has 8 heteroatoms.